The number of hydrogen-bond donors (Lipinski definition) is 0. The smallest absolute Gasteiger partial charge is 0.312 e. The predicted molar refractivity (Wildman–Crippen MR) is 107 cm³/mol. The van der Waals surface area contributed by atoms with Crippen molar-refractivity contribution in [3.8, 4) is 0 Å². The molecule has 3 aromatic rings. The van der Waals surface area contributed by atoms with Gasteiger partial charge in [-0.2, -0.15) is 4.98 Å². The number of aromatic nitrogens is 4. The van der Waals surface area contributed by atoms with Crippen LogP contribution in [0.2, 0.25) is 0 Å². The Bertz CT molecular complexity index is 1140. The molecule has 0 saturated carbocycles. The molecule has 28 heavy (non-hydrogen) atoms. The van der Waals surface area contributed by atoms with Crippen molar-refractivity contribution in [3.63, 3.8) is 0 Å². The van der Waals surface area contributed by atoms with Crippen LogP contribution in [0.1, 0.15) is 26.7 Å². The average molecular weight is 385 g/mol. The summed E-state index contributed by atoms with van der Waals surface area (Å²) in [5.74, 6) is 0.569. The van der Waals surface area contributed by atoms with Crippen LogP contribution in [0.15, 0.2) is 33.9 Å². The Balaban J connectivity index is 1.96. The van der Waals surface area contributed by atoms with Gasteiger partial charge in [0.1, 0.15) is 5.82 Å². The van der Waals surface area contributed by atoms with Crippen LogP contribution in [0.4, 0.5) is 16.0 Å². The molecule has 1 aliphatic heterocycles. The lowest BCUT2D eigenvalue weighted by atomic mass is 10.1. The summed E-state index contributed by atoms with van der Waals surface area (Å²) in [6.45, 7) is 5.87. The first-order chi connectivity index (χ1) is 13.4. The van der Waals surface area contributed by atoms with Gasteiger partial charge < -0.3 is 9.47 Å². The number of rotatable bonds is 4. The fraction of sp³-hybridized carbons (Fsp3) is 0.450. The van der Waals surface area contributed by atoms with E-state index < -0.39 is 0 Å². The lowest BCUT2D eigenvalue weighted by Crippen LogP contribution is -2.40. The van der Waals surface area contributed by atoms with Gasteiger partial charge in [-0.15, -0.1) is 0 Å². The highest BCUT2D eigenvalue weighted by Crippen LogP contribution is 2.32. The quantitative estimate of drug-likeness (QED) is 0.693. The summed E-state index contributed by atoms with van der Waals surface area (Å²) < 4.78 is 18.0. The van der Waals surface area contributed by atoms with Crippen LogP contribution in [0.25, 0.3) is 11.2 Å². The first kappa shape index (κ1) is 18.5. The molecule has 1 atom stereocenters. The number of imidazole rings is 1. The van der Waals surface area contributed by atoms with Crippen molar-refractivity contribution in [2.75, 3.05) is 11.4 Å². The highest BCUT2D eigenvalue weighted by molar-refractivity contribution is 5.77. The summed E-state index contributed by atoms with van der Waals surface area (Å²) in [6, 6.07) is 6.23. The van der Waals surface area contributed by atoms with Gasteiger partial charge in [-0.05, 0) is 36.6 Å². The Morgan fingerprint density at radius 3 is 2.57 bits per heavy atom. The summed E-state index contributed by atoms with van der Waals surface area (Å²) >= 11 is 0. The fourth-order valence-electron chi connectivity index (χ4n) is 3.86. The molecule has 0 saturated heterocycles. The zero-order valence-electron chi connectivity index (χ0n) is 16.4. The third kappa shape index (κ3) is 2.83. The van der Waals surface area contributed by atoms with E-state index in [0.717, 1.165) is 18.5 Å². The summed E-state index contributed by atoms with van der Waals surface area (Å²) in [7, 11) is 1.65. The Morgan fingerprint density at radius 2 is 1.89 bits per heavy atom. The summed E-state index contributed by atoms with van der Waals surface area (Å²) in [5, 5.41) is 0. The Labute approximate surface area is 161 Å². The van der Waals surface area contributed by atoms with Crippen LogP contribution < -0.4 is 16.1 Å². The molecule has 2 aromatic heterocycles. The number of unbranched alkanes of at least 4 members (excludes halogenated alkanes) is 1. The highest BCUT2D eigenvalue weighted by atomic mass is 19.1. The van der Waals surface area contributed by atoms with Crippen LogP contribution in [0.5, 0.6) is 0 Å². The van der Waals surface area contributed by atoms with Gasteiger partial charge >= 0.3 is 5.69 Å². The number of anilines is 2. The number of nitrogens with zero attached hydrogens (tertiary/aromatic N) is 5. The lowest BCUT2D eigenvalue weighted by Gasteiger charge is -2.32. The molecule has 148 valence electrons. The van der Waals surface area contributed by atoms with E-state index in [1.807, 2.05) is 16.4 Å². The van der Waals surface area contributed by atoms with Crippen molar-refractivity contribution in [1.82, 2.24) is 18.7 Å². The van der Waals surface area contributed by atoms with Crippen molar-refractivity contribution < 1.29 is 4.39 Å². The molecule has 0 aliphatic carbocycles. The fourth-order valence-corrected chi connectivity index (χ4v) is 3.86. The SMILES string of the molecule is CCCCn1c(=O)c2c(nc3n2CC(C)CN3c2ccc(F)cc2)n(C)c1=O. The van der Waals surface area contributed by atoms with Crippen molar-refractivity contribution >= 4 is 22.8 Å². The van der Waals surface area contributed by atoms with Gasteiger partial charge in [0.15, 0.2) is 11.2 Å². The predicted octanol–water partition coefficient (Wildman–Crippen LogP) is 2.62. The minimum atomic E-state index is -0.345. The highest BCUT2D eigenvalue weighted by Gasteiger charge is 2.29. The first-order valence-electron chi connectivity index (χ1n) is 9.65. The van der Waals surface area contributed by atoms with E-state index in [1.165, 1.54) is 21.3 Å². The molecule has 0 bridgehead atoms. The first-order valence-corrected chi connectivity index (χ1v) is 9.65. The number of aryl methyl sites for hydroxylation is 1. The van der Waals surface area contributed by atoms with E-state index in [2.05, 4.69) is 11.9 Å². The zero-order chi connectivity index (χ0) is 20.0. The molecule has 3 heterocycles. The topological polar surface area (TPSA) is 65.1 Å². The van der Waals surface area contributed by atoms with Crippen LogP contribution in [-0.2, 0) is 20.1 Å². The van der Waals surface area contributed by atoms with E-state index in [0.29, 0.717) is 36.7 Å². The minimum Gasteiger partial charge on any atom is -0.312 e. The molecule has 1 unspecified atom stereocenters. The lowest BCUT2D eigenvalue weighted by molar-refractivity contribution is 0.457. The maximum absolute atomic E-state index is 13.4. The molecule has 7 nitrogen and oxygen atoms in total. The molecule has 1 aromatic carbocycles. The van der Waals surface area contributed by atoms with Crippen LogP contribution in [0.3, 0.4) is 0 Å². The summed E-state index contributed by atoms with van der Waals surface area (Å²) in [6.07, 6.45) is 1.66. The number of halogens is 1. The van der Waals surface area contributed by atoms with Crippen molar-refractivity contribution in [3.05, 3.63) is 50.9 Å². The van der Waals surface area contributed by atoms with Gasteiger partial charge in [-0.3, -0.25) is 13.9 Å². The van der Waals surface area contributed by atoms with Gasteiger partial charge in [-0.1, -0.05) is 20.3 Å². The van der Waals surface area contributed by atoms with Crippen LogP contribution in [0, 0.1) is 11.7 Å². The molecular formula is C20H24FN5O2. The molecule has 4 rings (SSSR count). The van der Waals surface area contributed by atoms with E-state index in [1.54, 1.807) is 19.2 Å². The van der Waals surface area contributed by atoms with Gasteiger partial charge in [0, 0.05) is 32.4 Å². The summed E-state index contributed by atoms with van der Waals surface area (Å²) in [5.41, 5.74) is 1.01. The second-order valence-electron chi connectivity index (χ2n) is 7.54. The van der Waals surface area contributed by atoms with E-state index in [-0.39, 0.29) is 23.0 Å². The molecule has 1 aliphatic rings. The standard InChI is InChI=1S/C20H24FN5O2/c1-4-5-10-24-18(27)16-17(23(3)20(24)28)22-19-25(11-13(2)12-26(16)19)15-8-6-14(21)7-9-15/h6-9,13H,4-5,10-12H2,1-3H3. The third-order valence-corrected chi connectivity index (χ3v) is 5.32. The Hall–Kier alpha value is -2.90. The molecule has 0 amide bonds. The van der Waals surface area contributed by atoms with E-state index in [9.17, 15) is 14.0 Å². The average Bonchev–Trinajstić information content (AvgIpc) is 3.06. The van der Waals surface area contributed by atoms with Crippen LogP contribution in [-0.4, -0.2) is 25.2 Å². The Morgan fingerprint density at radius 1 is 1.18 bits per heavy atom. The van der Waals surface area contributed by atoms with Gasteiger partial charge in [-0.25, -0.2) is 9.18 Å². The maximum Gasteiger partial charge on any atom is 0.332 e. The molecule has 0 fully saturated rings. The second-order valence-corrected chi connectivity index (χ2v) is 7.54. The van der Waals surface area contributed by atoms with Crippen molar-refractivity contribution in [1.29, 1.82) is 0 Å². The molecule has 8 heteroatoms. The minimum absolute atomic E-state index is 0.260. The van der Waals surface area contributed by atoms with Crippen molar-refractivity contribution in [2.24, 2.45) is 13.0 Å². The zero-order valence-corrected chi connectivity index (χ0v) is 16.4. The molecule has 0 N–H and O–H groups in total. The summed E-state index contributed by atoms with van der Waals surface area (Å²) in [4.78, 5) is 32.5. The largest absolute Gasteiger partial charge is 0.332 e. The van der Waals surface area contributed by atoms with E-state index >= 15 is 0 Å². The third-order valence-electron chi connectivity index (χ3n) is 5.32. The number of fused-ring (bicyclic) bond motifs is 3. The van der Waals surface area contributed by atoms with Gasteiger partial charge in [0.25, 0.3) is 5.56 Å². The molecule has 0 spiro atoms. The monoisotopic (exact) mass is 385 g/mol. The number of hydrogen-bond acceptors (Lipinski definition) is 4. The van der Waals surface area contributed by atoms with Crippen LogP contribution >= 0.6 is 0 Å². The van der Waals surface area contributed by atoms with E-state index in [4.69, 9.17) is 0 Å². The van der Waals surface area contributed by atoms with Gasteiger partial charge in [0.2, 0.25) is 5.95 Å². The van der Waals surface area contributed by atoms with Gasteiger partial charge in [0.05, 0.1) is 0 Å². The molecular weight excluding hydrogens is 361 g/mol. The number of benzene rings is 1. The Kier molecular flexibility index (Phi) is 4.56. The van der Waals surface area contributed by atoms with Crippen molar-refractivity contribution in [2.45, 2.75) is 39.8 Å². The second kappa shape index (κ2) is 6.92. The molecule has 0 radical (unpaired) electrons. The normalized spacial score (nSPS) is 16.6. The maximum atomic E-state index is 13.4.